The van der Waals surface area contributed by atoms with E-state index in [0.29, 0.717) is 11.4 Å². The Kier molecular flexibility index (Phi) is 4.67. The van der Waals surface area contributed by atoms with Gasteiger partial charge < -0.3 is 16.6 Å². The first-order valence-electron chi connectivity index (χ1n) is 9.28. The Morgan fingerprint density at radius 3 is 2.28 bits per heavy atom. The summed E-state index contributed by atoms with van der Waals surface area (Å²) in [7, 11) is 0. The van der Waals surface area contributed by atoms with Crippen LogP contribution in [0.1, 0.15) is 30.4 Å². The van der Waals surface area contributed by atoms with Crippen LogP contribution in [0.25, 0.3) is 11.1 Å². The van der Waals surface area contributed by atoms with Gasteiger partial charge in [0, 0.05) is 24.2 Å². The van der Waals surface area contributed by atoms with E-state index < -0.39 is 5.41 Å². The Labute approximate surface area is 167 Å². The predicted octanol–water partition coefficient (Wildman–Crippen LogP) is 2.27. The number of aliphatic imine (C=N–C) groups is 1. The first-order chi connectivity index (χ1) is 14.0. The van der Waals surface area contributed by atoms with Crippen molar-refractivity contribution in [3.63, 3.8) is 0 Å². The normalized spacial score (nSPS) is 15.5. The zero-order chi connectivity index (χ0) is 20.4. The molecule has 2 aromatic heterocycles. The van der Waals surface area contributed by atoms with Crippen LogP contribution < -0.4 is 11.5 Å². The molecular formula is C21H22N7O+. The smallest absolute Gasteiger partial charge is 0.366 e. The van der Waals surface area contributed by atoms with Crippen LogP contribution in [0.2, 0.25) is 0 Å². The van der Waals surface area contributed by atoms with Crippen molar-refractivity contribution in [1.29, 1.82) is 5.41 Å². The molecule has 8 nitrogen and oxygen atoms in total. The van der Waals surface area contributed by atoms with E-state index in [1.165, 1.54) is 6.20 Å². The molecule has 1 aliphatic carbocycles. The van der Waals surface area contributed by atoms with Gasteiger partial charge in [-0.15, -0.1) is 4.99 Å². The summed E-state index contributed by atoms with van der Waals surface area (Å²) in [6, 6.07) is 11.3. The quantitative estimate of drug-likeness (QED) is 0.356. The summed E-state index contributed by atoms with van der Waals surface area (Å²) in [5.74, 6) is 0.792. The fourth-order valence-electron chi connectivity index (χ4n) is 3.54. The van der Waals surface area contributed by atoms with Crippen molar-refractivity contribution in [3.8, 4) is 11.1 Å². The van der Waals surface area contributed by atoms with Crippen molar-refractivity contribution in [2.24, 2.45) is 4.99 Å². The van der Waals surface area contributed by atoms with Crippen molar-refractivity contribution < 1.29 is 5.11 Å². The van der Waals surface area contributed by atoms with Gasteiger partial charge in [-0.3, -0.25) is 5.41 Å². The Hall–Kier alpha value is -3.81. The molecule has 0 bridgehead atoms. The van der Waals surface area contributed by atoms with Crippen LogP contribution in [0.5, 0.6) is 0 Å². The first kappa shape index (κ1) is 18.5. The maximum absolute atomic E-state index is 8.62. The van der Waals surface area contributed by atoms with Crippen LogP contribution in [0.4, 0.5) is 11.8 Å². The van der Waals surface area contributed by atoms with Crippen LogP contribution in [0.3, 0.4) is 0 Å². The lowest BCUT2D eigenvalue weighted by atomic mass is 9.63. The van der Waals surface area contributed by atoms with E-state index in [2.05, 4.69) is 19.9 Å². The molecule has 8 heteroatoms. The van der Waals surface area contributed by atoms with Crippen LogP contribution in [-0.4, -0.2) is 31.8 Å². The van der Waals surface area contributed by atoms with E-state index >= 15 is 0 Å². The summed E-state index contributed by atoms with van der Waals surface area (Å²) < 4.78 is 0. The maximum Gasteiger partial charge on any atom is 0.366 e. The Balaban J connectivity index is 1.61. The molecular weight excluding hydrogens is 366 g/mol. The molecule has 0 unspecified atom stereocenters. The van der Waals surface area contributed by atoms with Gasteiger partial charge >= 0.3 is 5.90 Å². The molecule has 1 fully saturated rings. The number of pyridine rings is 1. The number of nitrogens with two attached hydrogens (primary N) is 2. The molecule has 0 atom stereocenters. The highest BCUT2D eigenvalue weighted by atomic mass is 16.3. The van der Waals surface area contributed by atoms with E-state index in [-0.39, 0.29) is 17.7 Å². The summed E-state index contributed by atoms with van der Waals surface area (Å²) in [6.07, 6.45) is 7.63. The second-order valence-corrected chi connectivity index (χ2v) is 7.12. The fourth-order valence-corrected chi connectivity index (χ4v) is 3.54. The fraction of sp³-hybridized carbons (Fsp3) is 0.190. The molecule has 1 aliphatic rings. The van der Waals surface area contributed by atoms with Gasteiger partial charge in [0.25, 0.3) is 0 Å². The lowest BCUT2D eigenvalue weighted by molar-refractivity contribution is 0.336. The van der Waals surface area contributed by atoms with Crippen LogP contribution in [0, 0.1) is 5.41 Å². The Morgan fingerprint density at radius 2 is 1.69 bits per heavy atom. The zero-order valence-corrected chi connectivity index (χ0v) is 15.8. The molecule has 4 rings (SSSR count). The molecule has 0 saturated heterocycles. The van der Waals surface area contributed by atoms with E-state index in [4.69, 9.17) is 22.0 Å². The SMILES string of the molecule is N=C(N=C([OH2+])c1ccnc(N)c1)C1(c2ccc(-c3cnc(N)nc3)cc2)CCC1. The van der Waals surface area contributed by atoms with E-state index in [0.717, 1.165) is 36.0 Å². The molecule has 0 aliphatic heterocycles. The summed E-state index contributed by atoms with van der Waals surface area (Å²) >= 11 is 0. The second-order valence-electron chi connectivity index (χ2n) is 7.12. The van der Waals surface area contributed by atoms with Crippen LogP contribution >= 0.6 is 0 Å². The van der Waals surface area contributed by atoms with Gasteiger partial charge in [0.2, 0.25) is 5.95 Å². The molecule has 2 heterocycles. The third-order valence-electron chi connectivity index (χ3n) is 5.38. The minimum absolute atomic E-state index is 0.0195. The van der Waals surface area contributed by atoms with Crippen molar-refractivity contribution in [2.45, 2.75) is 24.7 Å². The molecule has 29 heavy (non-hydrogen) atoms. The number of aromatic nitrogens is 3. The lowest BCUT2D eigenvalue weighted by Gasteiger charge is -2.41. The van der Waals surface area contributed by atoms with Gasteiger partial charge in [0.1, 0.15) is 11.7 Å². The van der Waals surface area contributed by atoms with Crippen LogP contribution in [0.15, 0.2) is 60.0 Å². The highest BCUT2D eigenvalue weighted by molar-refractivity contribution is 6.05. The van der Waals surface area contributed by atoms with Crippen LogP contribution in [-0.2, 0) is 5.41 Å². The minimum atomic E-state index is -0.457. The number of nitrogens with zero attached hydrogens (tertiary/aromatic N) is 4. The second kappa shape index (κ2) is 7.31. The number of benzene rings is 1. The Morgan fingerprint density at radius 1 is 1.00 bits per heavy atom. The summed E-state index contributed by atoms with van der Waals surface area (Å²) in [4.78, 5) is 16.3. The van der Waals surface area contributed by atoms with Gasteiger partial charge in [-0.05, 0) is 36.1 Å². The number of hydrogen-bond acceptors (Lipinski definition) is 6. The predicted molar refractivity (Wildman–Crippen MR) is 114 cm³/mol. The monoisotopic (exact) mass is 388 g/mol. The molecule has 146 valence electrons. The minimum Gasteiger partial charge on any atom is -0.578 e. The third kappa shape index (κ3) is 3.52. The van der Waals surface area contributed by atoms with Crippen molar-refractivity contribution in [2.75, 3.05) is 11.5 Å². The number of hydrogen-bond donors (Lipinski definition) is 3. The maximum atomic E-state index is 8.62. The summed E-state index contributed by atoms with van der Waals surface area (Å²) in [5, 5.41) is 16.9. The van der Waals surface area contributed by atoms with Gasteiger partial charge in [0.05, 0.1) is 11.0 Å². The molecule has 0 spiro atoms. The highest BCUT2D eigenvalue weighted by Gasteiger charge is 2.43. The number of nitrogen functional groups attached to an aromatic ring is 2. The van der Waals surface area contributed by atoms with Crippen molar-refractivity contribution in [1.82, 2.24) is 15.0 Å². The highest BCUT2D eigenvalue weighted by Crippen LogP contribution is 2.45. The van der Waals surface area contributed by atoms with Gasteiger partial charge in [-0.1, -0.05) is 30.7 Å². The van der Waals surface area contributed by atoms with E-state index in [9.17, 15) is 0 Å². The average molecular weight is 388 g/mol. The topological polar surface area (TPSA) is 150 Å². The molecule has 1 aromatic carbocycles. The number of amidine groups is 1. The number of anilines is 2. The summed E-state index contributed by atoms with van der Waals surface area (Å²) in [5.41, 5.74) is 14.2. The third-order valence-corrected chi connectivity index (χ3v) is 5.38. The van der Waals surface area contributed by atoms with Crippen molar-refractivity contribution in [3.05, 3.63) is 66.1 Å². The van der Waals surface area contributed by atoms with E-state index in [1.807, 2.05) is 24.3 Å². The number of rotatable bonds is 4. The van der Waals surface area contributed by atoms with Crippen molar-refractivity contribution >= 4 is 23.5 Å². The largest absolute Gasteiger partial charge is 0.578 e. The molecule has 3 aromatic rings. The van der Waals surface area contributed by atoms with Gasteiger partial charge in [-0.2, -0.15) is 0 Å². The molecule has 1 saturated carbocycles. The zero-order valence-electron chi connectivity index (χ0n) is 15.8. The Bertz CT molecular complexity index is 1070. The standard InChI is InChI=1S/C21H21N7O/c22-17-10-14(6-9-25-17)18(29)28-19(23)21(7-1-8-21)16-4-2-13(3-5-16)15-11-26-20(24)27-12-15/h2-6,9-12H,1,7-8H2,(H2,22,25)(H2,23,28,29)(H2,24,26,27)/p+1. The molecule has 0 amide bonds. The van der Waals surface area contributed by atoms with Gasteiger partial charge in [0.15, 0.2) is 0 Å². The van der Waals surface area contributed by atoms with E-state index in [1.54, 1.807) is 24.5 Å². The lowest BCUT2D eigenvalue weighted by Crippen LogP contribution is -2.41. The number of nitrogens with one attached hydrogen (secondary N) is 1. The van der Waals surface area contributed by atoms with Gasteiger partial charge in [-0.25, -0.2) is 15.0 Å². The average Bonchev–Trinajstić information content (AvgIpc) is 2.68. The molecule has 0 radical (unpaired) electrons. The molecule has 7 N–H and O–H groups in total. The first-order valence-corrected chi connectivity index (χ1v) is 9.28. The summed E-state index contributed by atoms with van der Waals surface area (Å²) in [6.45, 7) is 0.